The zero-order valence-electron chi connectivity index (χ0n) is 24.1. The highest BCUT2D eigenvalue weighted by Crippen LogP contribution is 2.34. The van der Waals surface area contributed by atoms with Gasteiger partial charge in [0.1, 0.15) is 31.6 Å². The second-order valence-electron chi connectivity index (χ2n) is 11.0. The van der Waals surface area contributed by atoms with Gasteiger partial charge in [-0.2, -0.15) is 0 Å². The quantitative estimate of drug-likeness (QED) is 0.331. The van der Waals surface area contributed by atoms with Gasteiger partial charge in [0.25, 0.3) is 10.0 Å². The molecule has 2 amide bonds. The van der Waals surface area contributed by atoms with Crippen LogP contribution in [0.2, 0.25) is 10.0 Å². The molecule has 3 aromatic rings. The van der Waals surface area contributed by atoms with Crippen molar-refractivity contribution >= 4 is 50.7 Å². The molecule has 0 aliphatic carbocycles. The van der Waals surface area contributed by atoms with Gasteiger partial charge in [0.2, 0.25) is 11.8 Å². The van der Waals surface area contributed by atoms with Crippen LogP contribution in [-0.2, 0) is 26.2 Å². The Hall–Kier alpha value is -3.54. The van der Waals surface area contributed by atoms with E-state index in [1.807, 2.05) is 0 Å². The molecule has 9 nitrogen and oxygen atoms in total. The predicted octanol–water partition coefficient (Wildman–Crippen LogP) is 5.43. The number of rotatable bonds is 9. The van der Waals surface area contributed by atoms with Gasteiger partial charge in [-0.05, 0) is 81.8 Å². The average Bonchev–Trinajstić information content (AvgIpc) is 2.95. The van der Waals surface area contributed by atoms with Crippen molar-refractivity contribution in [2.75, 3.05) is 24.1 Å². The Bertz CT molecular complexity index is 1610. The van der Waals surface area contributed by atoms with E-state index in [2.05, 4.69) is 5.32 Å². The summed E-state index contributed by atoms with van der Waals surface area (Å²) in [5.74, 6) is -1.08. The van der Waals surface area contributed by atoms with Crippen molar-refractivity contribution in [2.24, 2.45) is 0 Å². The second-order valence-corrected chi connectivity index (χ2v) is 13.7. The number of halogens is 3. The monoisotopic (exact) mass is 651 g/mol. The zero-order chi connectivity index (χ0) is 31.5. The van der Waals surface area contributed by atoms with Gasteiger partial charge in [0.05, 0.1) is 20.6 Å². The fourth-order valence-electron chi connectivity index (χ4n) is 4.34. The minimum atomic E-state index is -4.40. The number of nitrogens with one attached hydrogen (secondary N) is 1. The van der Waals surface area contributed by atoms with Crippen LogP contribution < -0.4 is 19.1 Å². The number of anilines is 1. The molecule has 0 bridgehead atoms. The summed E-state index contributed by atoms with van der Waals surface area (Å²) in [5, 5.41) is 3.43. The van der Waals surface area contributed by atoms with Gasteiger partial charge in [0.15, 0.2) is 11.5 Å². The van der Waals surface area contributed by atoms with Gasteiger partial charge in [-0.25, -0.2) is 12.8 Å². The van der Waals surface area contributed by atoms with Crippen LogP contribution in [0.3, 0.4) is 0 Å². The molecule has 1 heterocycles. The van der Waals surface area contributed by atoms with E-state index in [9.17, 15) is 22.4 Å². The molecule has 0 radical (unpaired) electrons. The van der Waals surface area contributed by atoms with Crippen molar-refractivity contribution < 1.29 is 31.9 Å². The molecule has 3 aromatic carbocycles. The van der Waals surface area contributed by atoms with Crippen molar-refractivity contribution in [3.05, 3.63) is 82.1 Å². The molecule has 1 aliphatic heterocycles. The summed E-state index contributed by atoms with van der Waals surface area (Å²) >= 11 is 12.3. The van der Waals surface area contributed by atoms with Crippen molar-refractivity contribution in [1.29, 1.82) is 0 Å². The summed E-state index contributed by atoms with van der Waals surface area (Å²) < 4.78 is 53.9. The van der Waals surface area contributed by atoms with Crippen LogP contribution in [0.1, 0.15) is 33.3 Å². The molecular weight excluding hydrogens is 620 g/mol. The first-order chi connectivity index (χ1) is 20.2. The highest BCUT2D eigenvalue weighted by atomic mass is 35.5. The van der Waals surface area contributed by atoms with Gasteiger partial charge < -0.3 is 19.7 Å². The highest BCUT2D eigenvalue weighted by Gasteiger charge is 2.34. The third kappa shape index (κ3) is 7.90. The standard InChI is InChI=1S/C30H32Cl2FN3O6S/c1-19(29(38)34-30(2,3)4)35(17-20-5-11-24(31)25(32)15-20)28(37)18-36(22-8-6-21(33)7-9-22)43(39,40)23-10-12-26-27(16-23)42-14-13-41-26/h5-12,15-16,19H,13-14,17-18H2,1-4H3,(H,34,38). The number of sulfonamides is 1. The van der Waals surface area contributed by atoms with Crippen LogP contribution in [0, 0.1) is 5.82 Å². The first-order valence-electron chi connectivity index (χ1n) is 13.4. The van der Waals surface area contributed by atoms with E-state index in [-0.39, 0.29) is 34.5 Å². The minimum Gasteiger partial charge on any atom is -0.486 e. The molecule has 0 saturated carbocycles. The third-order valence-electron chi connectivity index (χ3n) is 6.50. The van der Waals surface area contributed by atoms with E-state index >= 15 is 0 Å². The van der Waals surface area contributed by atoms with Crippen LogP contribution in [-0.4, -0.2) is 56.5 Å². The summed E-state index contributed by atoms with van der Waals surface area (Å²) in [6.07, 6.45) is 0. The molecule has 13 heteroatoms. The maximum absolute atomic E-state index is 14.0. The Balaban J connectivity index is 1.73. The maximum Gasteiger partial charge on any atom is 0.264 e. The van der Waals surface area contributed by atoms with E-state index in [4.69, 9.17) is 32.7 Å². The lowest BCUT2D eigenvalue weighted by molar-refractivity contribution is -0.140. The van der Waals surface area contributed by atoms with Gasteiger partial charge >= 0.3 is 0 Å². The maximum atomic E-state index is 14.0. The lowest BCUT2D eigenvalue weighted by atomic mass is 10.1. The highest BCUT2D eigenvalue weighted by molar-refractivity contribution is 7.92. The number of nitrogens with zero attached hydrogens (tertiary/aromatic N) is 2. The Morgan fingerprint density at radius 1 is 0.953 bits per heavy atom. The predicted molar refractivity (Wildman–Crippen MR) is 163 cm³/mol. The molecule has 1 N–H and O–H groups in total. The average molecular weight is 653 g/mol. The third-order valence-corrected chi connectivity index (χ3v) is 9.01. The van der Waals surface area contributed by atoms with Gasteiger partial charge in [-0.1, -0.05) is 29.3 Å². The molecule has 4 rings (SSSR count). The molecule has 230 valence electrons. The molecule has 1 unspecified atom stereocenters. The fraction of sp³-hybridized carbons (Fsp3) is 0.333. The Labute approximate surface area is 260 Å². The molecule has 0 saturated heterocycles. The van der Waals surface area contributed by atoms with Crippen LogP contribution >= 0.6 is 23.2 Å². The van der Waals surface area contributed by atoms with Crippen molar-refractivity contribution in [2.45, 2.75) is 50.7 Å². The number of hydrogen-bond acceptors (Lipinski definition) is 6. The summed E-state index contributed by atoms with van der Waals surface area (Å²) in [5.41, 5.74) is 0.0258. The first-order valence-corrected chi connectivity index (χ1v) is 15.6. The topological polar surface area (TPSA) is 105 Å². The van der Waals surface area contributed by atoms with Crippen molar-refractivity contribution in [3.8, 4) is 11.5 Å². The van der Waals surface area contributed by atoms with Crippen LogP contribution in [0.5, 0.6) is 11.5 Å². The lowest BCUT2D eigenvalue weighted by Gasteiger charge is -2.33. The number of carbonyl (C=O) groups excluding carboxylic acids is 2. The van der Waals surface area contributed by atoms with Crippen LogP contribution in [0.15, 0.2) is 65.6 Å². The number of benzene rings is 3. The lowest BCUT2D eigenvalue weighted by Crippen LogP contribution is -2.54. The normalized spacial score (nSPS) is 13.7. The van der Waals surface area contributed by atoms with E-state index in [0.717, 1.165) is 16.4 Å². The van der Waals surface area contributed by atoms with Crippen molar-refractivity contribution in [1.82, 2.24) is 10.2 Å². The van der Waals surface area contributed by atoms with Crippen LogP contribution in [0.4, 0.5) is 10.1 Å². The summed E-state index contributed by atoms with van der Waals surface area (Å²) in [6, 6.07) is 12.6. The molecule has 1 atom stereocenters. The number of hydrogen-bond donors (Lipinski definition) is 1. The zero-order valence-corrected chi connectivity index (χ0v) is 26.4. The summed E-state index contributed by atoms with van der Waals surface area (Å²) in [7, 11) is -4.40. The van der Waals surface area contributed by atoms with Crippen LogP contribution in [0.25, 0.3) is 0 Å². The van der Waals surface area contributed by atoms with E-state index in [1.54, 1.807) is 45.9 Å². The van der Waals surface area contributed by atoms with Gasteiger partial charge in [-0.15, -0.1) is 0 Å². The van der Waals surface area contributed by atoms with E-state index in [1.165, 1.54) is 35.2 Å². The van der Waals surface area contributed by atoms with Crippen molar-refractivity contribution in [3.63, 3.8) is 0 Å². The SMILES string of the molecule is CC(C(=O)NC(C)(C)C)N(Cc1ccc(Cl)c(Cl)c1)C(=O)CN(c1ccc(F)cc1)S(=O)(=O)c1ccc2c(c1)OCCO2. The van der Waals surface area contributed by atoms with Gasteiger partial charge in [-0.3, -0.25) is 13.9 Å². The summed E-state index contributed by atoms with van der Waals surface area (Å²) in [6.45, 7) is 6.76. The molecular formula is C30H32Cl2FN3O6S. The largest absolute Gasteiger partial charge is 0.486 e. The second kappa shape index (κ2) is 13.0. The molecule has 0 fully saturated rings. The first kappa shape index (κ1) is 32.4. The van der Waals surface area contributed by atoms with Gasteiger partial charge in [0, 0.05) is 18.2 Å². The molecule has 0 aromatic heterocycles. The Morgan fingerprint density at radius 3 is 2.23 bits per heavy atom. The Kier molecular flexibility index (Phi) is 9.78. The molecule has 43 heavy (non-hydrogen) atoms. The number of fused-ring (bicyclic) bond motifs is 1. The minimum absolute atomic E-state index is 0.0472. The number of ether oxygens (including phenoxy) is 2. The number of amides is 2. The smallest absolute Gasteiger partial charge is 0.264 e. The van der Waals surface area contributed by atoms with E-state index < -0.39 is 45.8 Å². The summed E-state index contributed by atoms with van der Waals surface area (Å²) in [4.78, 5) is 28.3. The molecule has 0 spiro atoms. The Morgan fingerprint density at radius 2 is 1.60 bits per heavy atom. The number of carbonyl (C=O) groups is 2. The fourth-order valence-corrected chi connectivity index (χ4v) is 6.09. The molecule has 1 aliphatic rings. The van der Waals surface area contributed by atoms with E-state index in [0.29, 0.717) is 22.9 Å².